The second-order valence-corrected chi connectivity index (χ2v) is 2.73. The number of carbonyl (C=O) groups is 1. The molecule has 0 aromatic carbocycles. The molecule has 0 aliphatic heterocycles. The van der Waals surface area contributed by atoms with E-state index in [0.717, 1.165) is 6.54 Å². The summed E-state index contributed by atoms with van der Waals surface area (Å²) in [5.74, 6) is -0.323. The first-order chi connectivity index (χ1) is 5.13. The predicted octanol–water partition coefficient (Wildman–Crippen LogP) is 0.638. The van der Waals surface area contributed by atoms with E-state index < -0.39 is 5.97 Å². The summed E-state index contributed by atoms with van der Waals surface area (Å²) >= 11 is 0. The van der Waals surface area contributed by atoms with Gasteiger partial charge in [0, 0.05) is 6.54 Å². The van der Waals surface area contributed by atoms with Crippen LogP contribution in [0.3, 0.4) is 0 Å². The molecule has 0 amide bonds. The molecular formula is C7H15NO3. The number of aliphatic carboxylic acids is 1. The lowest BCUT2D eigenvalue weighted by atomic mass is 10.2. The quantitative estimate of drug-likeness (QED) is 0.443. The highest BCUT2D eigenvalue weighted by molar-refractivity contribution is 5.66. The van der Waals surface area contributed by atoms with Crippen molar-refractivity contribution in [2.24, 2.45) is 5.92 Å². The summed E-state index contributed by atoms with van der Waals surface area (Å²) in [6.07, 6.45) is 0.0467. The highest BCUT2D eigenvalue weighted by Gasteiger charge is 1.96. The minimum absolute atomic E-state index is 0.0467. The molecule has 0 aliphatic rings. The van der Waals surface area contributed by atoms with Crippen LogP contribution in [-0.4, -0.2) is 24.2 Å². The minimum atomic E-state index is -0.837. The first kappa shape index (κ1) is 10.4. The molecule has 4 nitrogen and oxygen atoms in total. The van der Waals surface area contributed by atoms with Crippen molar-refractivity contribution < 1.29 is 14.7 Å². The molecule has 0 radical (unpaired) electrons. The Labute approximate surface area is 66.5 Å². The number of rotatable bonds is 6. The van der Waals surface area contributed by atoms with Gasteiger partial charge in [-0.05, 0) is 5.92 Å². The van der Waals surface area contributed by atoms with Gasteiger partial charge in [0.1, 0.15) is 0 Å². The van der Waals surface area contributed by atoms with E-state index in [2.05, 4.69) is 5.48 Å². The van der Waals surface area contributed by atoms with E-state index in [0.29, 0.717) is 5.92 Å². The number of hydrogen-bond acceptors (Lipinski definition) is 3. The third kappa shape index (κ3) is 9.39. The van der Waals surface area contributed by atoms with Gasteiger partial charge >= 0.3 is 5.97 Å². The second kappa shape index (κ2) is 6.12. The van der Waals surface area contributed by atoms with Crippen molar-refractivity contribution >= 4 is 5.97 Å². The van der Waals surface area contributed by atoms with E-state index in [4.69, 9.17) is 9.94 Å². The van der Waals surface area contributed by atoms with E-state index in [1.54, 1.807) is 0 Å². The van der Waals surface area contributed by atoms with Crippen molar-refractivity contribution in [1.29, 1.82) is 0 Å². The molecule has 2 N–H and O–H groups in total. The van der Waals surface area contributed by atoms with E-state index in [-0.39, 0.29) is 13.0 Å². The van der Waals surface area contributed by atoms with Crippen LogP contribution in [0.2, 0.25) is 0 Å². The lowest BCUT2D eigenvalue weighted by Gasteiger charge is -2.05. The van der Waals surface area contributed by atoms with Crippen LogP contribution in [0.4, 0.5) is 0 Å². The van der Waals surface area contributed by atoms with Crippen molar-refractivity contribution in [2.75, 3.05) is 13.2 Å². The fourth-order valence-corrected chi connectivity index (χ4v) is 0.436. The van der Waals surface area contributed by atoms with Crippen LogP contribution in [0.1, 0.15) is 20.3 Å². The van der Waals surface area contributed by atoms with Gasteiger partial charge in [0.25, 0.3) is 0 Å². The van der Waals surface area contributed by atoms with Crippen molar-refractivity contribution in [3.8, 4) is 0 Å². The average molecular weight is 161 g/mol. The maximum absolute atomic E-state index is 9.99. The Morgan fingerprint density at radius 1 is 1.64 bits per heavy atom. The zero-order chi connectivity index (χ0) is 8.69. The lowest BCUT2D eigenvalue weighted by molar-refractivity contribution is -0.138. The third-order valence-electron chi connectivity index (χ3n) is 1.01. The van der Waals surface area contributed by atoms with E-state index in [1.807, 2.05) is 13.8 Å². The van der Waals surface area contributed by atoms with Gasteiger partial charge in [-0.15, -0.1) is 0 Å². The van der Waals surface area contributed by atoms with Crippen molar-refractivity contribution in [2.45, 2.75) is 20.3 Å². The van der Waals surface area contributed by atoms with Crippen molar-refractivity contribution in [3.05, 3.63) is 0 Å². The average Bonchev–Trinajstić information content (AvgIpc) is 1.85. The first-order valence-corrected chi connectivity index (χ1v) is 3.69. The smallest absolute Gasteiger partial charge is 0.305 e. The SMILES string of the molecule is CC(C)CNOCCC(=O)O. The van der Waals surface area contributed by atoms with E-state index in [1.165, 1.54) is 0 Å². The van der Waals surface area contributed by atoms with Gasteiger partial charge in [0.05, 0.1) is 13.0 Å². The second-order valence-electron chi connectivity index (χ2n) is 2.73. The Morgan fingerprint density at radius 2 is 2.27 bits per heavy atom. The monoisotopic (exact) mass is 161 g/mol. The molecule has 0 saturated heterocycles. The van der Waals surface area contributed by atoms with Gasteiger partial charge in [-0.2, -0.15) is 0 Å². The summed E-state index contributed by atoms with van der Waals surface area (Å²) in [5.41, 5.74) is 2.68. The molecule has 0 saturated carbocycles. The number of nitrogens with one attached hydrogen (secondary N) is 1. The summed E-state index contributed by atoms with van der Waals surface area (Å²) in [6, 6.07) is 0. The maximum Gasteiger partial charge on any atom is 0.305 e. The minimum Gasteiger partial charge on any atom is -0.481 e. The molecule has 0 spiro atoms. The number of carboxylic acids is 1. The number of hydroxylamine groups is 1. The molecule has 66 valence electrons. The number of carboxylic acid groups (broad SMARTS) is 1. The Hall–Kier alpha value is -0.610. The fourth-order valence-electron chi connectivity index (χ4n) is 0.436. The topological polar surface area (TPSA) is 58.6 Å². The first-order valence-electron chi connectivity index (χ1n) is 3.69. The normalized spacial score (nSPS) is 10.5. The van der Waals surface area contributed by atoms with Gasteiger partial charge in [-0.3, -0.25) is 4.79 Å². The van der Waals surface area contributed by atoms with E-state index in [9.17, 15) is 4.79 Å². The molecule has 0 heterocycles. The van der Waals surface area contributed by atoms with Gasteiger partial charge < -0.3 is 9.94 Å². The Morgan fingerprint density at radius 3 is 2.73 bits per heavy atom. The highest BCUT2D eigenvalue weighted by atomic mass is 16.6. The lowest BCUT2D eigenvalue weighted by Crippen LogP contribution is -2.21. The van der Waals surface area contributed by atoms with Gasteiger partial charge in [-0.25, -0.2) is 5.48 Å². The van der Waals surface area contributed by atoms with Gasteiger partial charge in [0.15, 0.2) is 0 Å². The molecule has 0 aromatic rings. The molecule has 0 rings (SSSR count). The van der Waals surface area contributed by atoms with Crippen LogP contribution in [0.15, 0.2) is 0 Å². The van der Waals surface area contributed by atoms with E-state index >= 15 is 0 Å². The largest absolute Gasteiger partial charge is 0.481 e. The van der Waals surface area contributed by atoms with Crippen LogP contribution < -0.4 is 5.48 Å². The maximum atomic E-state index is 9.99. The summed E-state index contributed by atoms with van der Waals surface area (Å²) in [5, 5.41) is 8.21. The van der Waals surface area contributed by atoms with Gasteiger partial charge in [0.2, 0.25) is 0 Å². The van der Waals surface area contributed by atoms with Crippen LogP contribution in [0, 0.1) is 5.92 Å². The predicted molar refractivity (Wildman–Crippen MR) is 41.0 cm³/mol. The Bertz CT molecular complexity index is 114. The molecule has 0 aromatic heterocycles. The molecule has 0 aliphatic carbocycles. The number of hydrogen-bond donors (Lipinski definition) is 2. The summed E-state index contributed by atoms with van der Waals surface area (Å²) in [6.45, 7) is 5.07. The summed E-state index contributed by atoms with van der Waals surface area (Å²) in [4.78, 5) is 14.8. The highest BCUT2D eigenvalue weighted by Crippen LogP contribution is 1.87. The zero-order valence-corrected chi connectivity index (χ0v) is 6.96. The fraction of sp³-hybridized carbons (Fsp3) is 0.857. The Balaban J connectivity index is 2.97. The van der Waals surface area contributed by atoms with Crippen LogP contribution in [0.25, 0.3) is 0 Å². The molecule has 0 atom stereocenters. The molecule has 11 heavy (non-hydrogen) atoms. The van der Waals surface area contributed by atoms with Crippen LogP contribution in [0.5, 0.6) is 0 Å². The standard InChI is InChI=1S/C7H15NO3/c1-6(2)5-8-11-4-3-7(9)10/h6,8H,3-5H2,1-2H3,(H,9,10). The Kier molecular flexibility index (Phi) is 5.78. The molecule has 4 heteroatoms. The molecule has 0 bridgehead atoms. The molecule has 0 unspecified atom stereocenters. The van der Waals surface area contributed by atoms with Crippen LogP contribution in [-0.2, 0) is 9.63 Å². The molecule has 0 fully saturated rings. The van der Waals surface area contributed by atoms with Crippen molar-refractivity contribution in [1.82, 2.24) is 5.48 Å². The summed E-state index contributed by atoms with van der Waals surface area (Å²) in [7, 11) is 0. The molecular weight excluding hydrogens is 146 g/mol. The third-order valence-corrected chi connectivity index (χ3v) is 1.01. The van der Waals surface area contributed by atoms with Crippen molar-refractivity contribution in [3.63, 3.8) is 0 Å². The zero-order valence-electron chi connectivity index (χ0n) is 6.96. The van der Waals surface area contributed by atoms with Crippen LogP contribution >= 0.6 is 0 Å². The summed E-state index contributed by atoms with van der Waals surface area (Å²) < 4.78 is 0. The van der Waals surface area contributed by atoms with Gasteiger partial charge in [-0.1, -0.05) is 13.8 Å².